The third kappa shape index (κ3) is 3.88. The van der Waals surface area contributed by atoms with E-state index in [9.17, 15) is 9.59 Å². The fourth-order valence-corrected chi connectivity index (χ4v) is 3.19. The summed E-state index contributed by atoms with van der Waals surface area (Å²) in [6, 6.07) is 14.2. The largest absolute Gasteiger partial charge is 0.344 e. The monoisotopic (exact) mass is 383 g/mol. The average molecular weight is 384 g/mol. The fourth-order valence-electron chi connectivity index (χ4n) is 3.07. The molecule has 1 aromatic heterocycles. The molecule has 1 N–H and O–H groups in total. The second-order valence-corrected chi connectivity index (χ2v) is 7.16. The molecule has 0 radical (unpaired) electrons. The van der Waals surface area contributed by atoms with Crippen LogP contribution in [0.25, 0.3) is 10.8 Å². The highest BCUT2D eigenvalue weighted by Gasteiger charge is 2.20. The molecule has 0 saturated carbocycles. The van der Waals surface area contributed by atoms with Crippen molar-refractivity contribution in [2.75, 3.05) is 0 Å². The van der Waals surface area contributed by atoms with Crippen LogP contribution in [-0.2, 0) is 0 Å². The van der Waals surface area contributed by atoms with E-state index in [0.29, 0.717) is 15.8 Å². The lowest BCUT2D eigenvalue weighted by atomic mass is 10.0. The normalized spacial score (nSPS) is 12.3. The molecule has 0 aliphatic carbocycles. The molecule has 1 unspecified atom stereocenters. The van der Waals surface area contributed by atoms with Crippen molar-refractivity contribution < 1.29 is 4.79 Å². The van der Waals surface area contributed by atoms with Gasteiger partial charge in [-0.3, -0.25) is 9.59 Å². The maximum Gasteiger partial charge on any atom is 0.274 e. The first-order valence-corrected chi connectivity index (χ1v) is 9.38. The van der Waals surface area contributed by atoms with Crippen molar-refractivity contribution in [3.63, 3.8) is 0 Å². The highest BCUT2D eigenvalue weighted by atomic mass is 35.5. The summed E-state index contributed by atoms with van der Waals surface area (Å²) in [6.45, 7) is 5.74. The van der Waals surface area contributed by atoms with Crippen LogP contribution in [0.1, 0.15) is 55.3 Å². The van der Waals surface area contributed by atoms with Gasteiger partial charge in [-0.05, 0) is 44.0 Å². The molecule has 0 bridgehead atoms. The summed E-state index contributed by atoms with van der Waals surface area (Å²) in [5.41, 5.74) is 1.03. The Kier molecular flexibility index (Phi) is 5.61. The summed E-state index contributed by atoms with van der Waals surface area (Å²) < 4.78 is 1.36. The van der Waals surface area contributed by atoms with Gasteiger partial charge in [0.05, 0.1) is 17.5 Å². The zero-order valence-corrected chi connectivity index (χ0v) is 16.3. The smallest absolute Gasteiger partial charge is 0.274 e. The minimum atomic E-state index is -0.303. The zero-order valence-electron chi connectivity index (χ0n) is 15.6. The number of amides is 1. The standard InChI is InChI=1S/C21H22ClN3O2/c1-4-18(14-9-11-15(22)12-10-14)23-20(26)19-16-7-5-6-8-17(16)21(27)25(24-19)13(2)3/h5-13,18H,4H2,1-3H3,(H,23,26). The van der Waals surface area contributed by atoms with E-state index in [1.807, 2.05) is 32.9 Å². The number of nitrogens with one attached hydrogen (secondary N) is 1. The molecule has 0 fully saturated rings. The first-order chi connectivity index (χ1) is 12.9. The predicted molar refractivity (Wildman–Crippen MR) is 108 cm³/mol. The molecule has 0 spiro atoms. The van der Waals surface area contributed by atoms with Crippen molar-refractivity contribution in [2.24, 2.45) is 0 Å². The molecule has 140 valence electrons. The van der Waals surface area contributed by atoms with Gasteiger partial charge < -0.3 is 5.32 Å². The van der Waals surface area contributed by atoms with E-state index in [0.717, 1.165) is 12.0 Å². The Balaban J connectivity index is 2.03. The van der Waals surface area contributed by atoms with Crippen molar-refractivity contribution in [1.29, 1.82) is 0 Å². The molecule has 5 nitrogen and oxygen atoms in total. The van der Waals surface area contributed by atoms with Gasteiger partial charge in [-0.2, -0.15) is 5.10 Å². The van der Waals surface area contributed by atoms with Gasteiger partial charge in [0.15, 0.2) is 5.69 Å². The molecule has 3 aromatic rings. The van der Waals surface area contributed by atoms with Gasteiger partial charge in [-0.15, -0.1) is 0 Å². The summed E-state index contributed by atoms with van der Waals surface area (Å²) >= 11 is 5.96. The molecule has 27 heavy (non-hydrogen) atoms. The Bertz CT molecular complexity index is 1030. The summed E-state index contributed by atoms with van der Waals surface area (Å²) in [5, 5.41) is 9.10. The molecule has 1 atom stereocenters. The van der Waals surface area contributed by atoms with Gasteiger partial charge in [0.25, 0.3) is 11.5 Å². The number of halogens is 1. The number of hydrogen-bond acceptors (Lipinski definition) is 3. The third-order valence-electron chi connectivity index (χ3n) is 4.52. The number of rotatable bonds is 5. The van der Waals surface area contributed by atoms with E-state index < -0.39 is 0 Å². The minimum Gasteiger partial charge on any atom is -0.344 e. The van der Waals surface area contributed by atoms with Gasteiger partial charge in [-0.1, -0.05) is 48.9 Å². The van der Waals surface area contributed by atoms with E-state index in [1.165, 1.54) is 4.68 Å². The maximum absolute atomic E-state index is 13.0. The molecule has 3 rings (SSSR count). The van der Waals surface area contributed by atoms with Crippen LogP contribution < -0.4 is 10.9 Å². The van der Waals surface area contributed by atoms with E-state index in [2.05, 4.69) is 10.4 Å². The Morgan fingerprint density at radius 1 is 1.11 bits per heavy atom. The lowest BCUT2D eigenvalue weighted by Gasteiger charge is -2.19. The molecular formula is C21H22ClN3O2. The van der Waals surface area contributed by atoms with Crippen LogP contribution in [-0.4, -0.2) is 15.7 Å². The van der Waals surface area contributed by atoms with Crippen LogP contribution in [0, 0.1) is 0 Å². The van der Waals surface area contributed by atoms with Crippen molar-refractivity contribution in [2.45, 2.75) is 39.3 Å². The molecule has 0 aliphatic heterocycles. The van der Waals surface area contributed by atoms with E-state index >= 15 is 0 Å². The number of aromatic nitrogens is 2. The summed E-state index contributed by atoms with van der Waals surface area (Å²) in [4.78, 5) is 25.7. The van der Waals surface area contributed by atoms with Crippen LogP contribution >= 0.6 is 11.6 Å². The van der Waals surface area contributed by atoms with Gasteiger partial charge >= 0.3 is 0 Å². The van der Waals surface area contributed by atoms with Crippen molar-refractivity contribution in [3.05, 3.63) is 75.2 Å². The number of fused-ring (bicyclic) bond motifs is 1. The van der Waals surface area contributed by atoms with Gasteiger partial charge in [0.2, 0.25) is 0 Å². The second-order valence-electron chi connectivity index (χ2n) is 6.72. The van der Waals surface area contributed by atoms with E-state index in [-0.39, 0.29) is 29.2 Å². The SMILES string of the molecule is CCC(NC(=O)c1nn(C(C)C)c(=O)c2ccccc12)c1ccc(Cl)cc1. The van der Waals surface area contributed by atoms with Crippen molar-refractivity contribution in [1.82, 2.24) is 15.1 Å². The molecule has 0 saturated heterocycles. The summed E-state index contributed by atoms with van der Waals surface area (Å²) in [6.07, 6.45) is 0.717. The summed E-state index contributed by atoms with van der Waals surface area (Å²) in [7, 11) is 0. The maximum atomic E-state index is 13.0. The zero-order chi connectivity index (χ0) is 19.6. The lowest BCUT2D eigenvalue weighted by Crippen LogP contribution is -2.33. The Morgan fingerprint density at radius 3 is 2.33 bits per heavy atom. The predicted octanol–water partition coefficient (Wildman–Crippen LogP) is 4.51. The number of benzene rings is 2. The number of carbonyl (C=O) groups excluding carboxylic acids is 1. The molecular weight excluding hydrogens is 362 g/mol. The van der Waals surface area contributed by atoms with Crippen LogP contribution in [0.2, 0.25) is 5.02 Å². The average Bonchev–Trinajstić information content (AvgIpc) is 2.67. The molecule has 1 amide bonds. The minimum absolute atomic E-state index is 0.146. The number of carbonyl (C=O) groups is 1. The Hall–Kier alpha value is -2.66. The third-order valence-corrected chi connectivity index (χ3v) is 4.77. The highest BCUT2D eigenvalue weighted by Crippen LogP contribution is 2.21. The topological polar surface area (TPSA) is 64.0 Å². The van der Waals surface area contributed by atoms with Crippen LogP contribution in [0.15, 0.2) is 53.3 Å². The van der Waals surface area contributed by atoms with E-state index in [4.69, 9.17) is 11.6 Å². The Labute approximate surface area is 163 Å². The first-order valence-electron chi connectivity index (χ1n) is 9.00. The number of nitrogens with zero attached hydrogens (tertiary/aromatic N) is 2. The van der Waals surface area contributed by atoms with Crippen LogP contribution in [0.5, 0.6) is 0 Å². The van der Waals surface area contributed by atoms with E-state index in [1.54, 1.807) is 36.4 Å². The molecule has 2 aromatic carbocycles. The summed E-state index contributed by atoms with van der Waals surface area (Å²) in [5.74, 6) is -0.303. The lowest BCUT2D eigenvalue weighted by molar-refractivity contribution is 0.0929. The Morgan fingerprint density at radius 2 is 1.74 bits per heavy atom. The van der Waals surface area contributed by atoms with Gasteiger partial charge in [0, 0.05) is 10.4 Å². The van der Waals surface area contributed by atoms with Crippen molar-refractivity contribution in [3.8, 4) is 0 Å². The van der Waals surface area contributed by atoms with Crippen LogP contribution in [0.4, 0.5) is 0 Å². The first kappa shape index (κ1) is 19.1. The quantitative estimate of drug-likeness (QED) is 0.704. The second kappa shape index (κ2) is 7.92. The van der Waals surface area contributed by atoms with Crippen LogP contribution in [0.3, 0.4) is 0 Å². The fraction of sp³-hybridized carbons (Fsp3) is 0.286. The highest BCUT2D eigenvalue weighted by molar-refractivity contribution is 6.30. The van der Waals surface area contributed by atoms with Gasteiger partial charge in [-0.25, -0.2) is 4.68 Å². The molecule has 0 aliphatic rings. The number of hydrogen-bond donors (Lipinski definition) is 1. The molecule has 1 heterocycles. The van der Waals surface area contributed by atoms with Crippen molar-refractivity contribution >= 4 is 28.3 Å². The molecule has 6 heteroatoms. The van der Waals surface area contributed by atoms with Gasteiger partial charge in [0.1, 0.15) is 0 Å².